The number of aryl methyl sites for hydroxylation is 1. The molecule has 0 bridgehead atoms. The molecule has 6 rings (SSSR count). The molecule has 270 valence electrons. The average molecular weight is 760 g/mol. The van der Waals surface area contributed by atoms with Crippen molar-refractivity contribution in [3.63, 3.8) is 0 Å². The first-order chi connectivity index (χ1) is 24.1. The summed E-state index contributed by atoms with van der Waals surface area (Å²) >= 11 is 8.35. The van der Waals surface area contributed by atoms with E-state index >= 15 is 0 Å². The topological polar surface area (TPSA) is 222 Å². The quantitative estimate of drug-likeness (QED) is 0.0735. The minimum Gasteiger partial charge on any atom is -0.543 e. The van der Waals surface area contributed by atoms with Crippen molar-refractivity contribution < 1.29 is 48.3 Å². The van der Waals surface area contributed by atoms with Crippen molar-refractivity contribution >= 4 is 86.3 Å². The van der Waals surface area contributed by atoms with Crippen LogP contribution in [0.4, 0.5) is 5.13 Å². The Hall–Kier alpha value is -4.68. The number of nitrogen functional groups attached to an aromatic ring is 1. The number of halogens is 1. The van der Waals surface area contributed by atoms with E-state index < -0.39 is 52.1 Å². The van der Waals surface area contributed by atoms with Crippen molar-refractivity contribution in [3.8, 4) is 0 Å². The second-order valence-electron chi connectivity index (χ2n) is 13.2. The lowest BCUT2D eigenvalue weighted by molar-refractivity contribution is -0.663. The molecule has 4 N–H and O–H groups in total. The number of rotatable bonds is 13. The van der Waals surface area contributed by atoms with Crippen LogP contribution in [-0.4, -0.2) is 83.4 Å². The SMILES string of the molecule is CC(C)(C)OC(=O)CCCn1ccc2c1ccc[n+]2CC1=C(C(=O)[O-])N2C(=O)C(NC(=O)/C(=N\OC3(C(=O)O)CC3)c3nc(N)sc3Cl)C2SC1. The van der Waals surface area contributed by atoms with Crippen molar-refractivity contribution in [2.75, 3.05) is 11.5 Å². The van der Waals surface area contributed by atoms with E-state index in [9.17, 15) is 34.2 Å². The van der Waals surface area contributed by atoms with Crippen LogP contribution in [0.2, 0.25) is 4.34 Å². The Kier molecular flexibility index (Phi) is 9.77. The molecule has 1 saturated carbocycles. The van der Waals surface area contributed by atoms with Gasteiger partial charge in [-0.05, 0) is 33.3 Å². The normalized spacial score (nSPS) is 19.7. The number of β-lactam (4-membered cyclic amide) rings is 1. The van der Waals surface area contributed by atoms with Crippen LogP contribution in [0.5, 0.6) is 0 Å². The maximum atomic E-state index is 13.5. The summed E-state index contributed by atoms with van der Waals surface area (Å²) in [6.07, 6.45) is 4.88. The first-order valence-electron chi connectivity index (χ1n) is 15.9. The second kappa shape index (κ2) is 13.8. The molecule has 3 aliphatic rings. The first-order valence-corrected chi connectivity index (χ1v) is 18.1. The summed E-state index contributed by atoms with van der Waals surface area (Å²) in [5.41, 5.74) is 4.83. The number of amides is 2. The summed E-state index contributed by atoms with van der Waals surface area (Å²) in [4.78, 5) is 73.6. The highest BCUT2D eigenvalue weighted by molar-refractivity contribution is 8.00. The lowest BCUT2D eigenvalue weighted by Gasteiger charge is -2.50. The molecule has 1 saturated heterocycles. The Morgan fingerprint density at radius 3 is 2.65 bits per heavy atom. The highest BCUT2D eigenvalue weighted by Crippen LogP contribution is 2.42. The number of carboxylic acids is 2. The van der Waals surface area contributed by atoms with Crippen LogP contribution in [0.25, 0.3) is 11.0 Å². The first kappa shape index (κ1) is 36.1. The highest BCUT2D eigenvalue weighted by atomic mass is 35.5. The number of thiazole rings is 1. The van der Waals surface area contributed by atoms with E-state index in [1.165, 1.54) is 11.8 Å². The van der Waals surface area contributed by atoms with E-state index in [4.69, 9.17) is 26.9 Å². The van der Waals surface area contributed by atoms with Crippen molar-refractivity contribution in [3.05, 3.63) is 51.9 Å². The molecule has 19 heteroatoms. The standard InChI is InChI=1S/C32H34ClN7O9S2/c1-31(2,3)48-19(41)7-5-11-38-13-8-18-17(38)6-4-12-39(18)14-16-15-50-27-22(26(43)40(27)23(16)28(44)45)35-25(42)21(20-24(33)51-30(34)36-20)37-49-32(9-10-32)29(46)47/h4,6,8,12-13,22,27H,5,7,9-11,14-15H2,1-3H3,(H4-,34,35,36,42,44,45,46,47)/b37-21-. The number of carboxylic acid groups (broad SMARTS) is 2. The number of hydrogen-bond acceptors (Lipinski definition) is 13. The van der Waals surface area contributed by atoms with Gasteiger partial charge < -0.3 is 40.2 Å². The van der Waals surface area contributed by atoms with Crippen molar-refractivity contribution in [1.82, 2.24) is 19.8 Å². The molecule has 3 aromatic heterocycles. The molecule has 3 aromatic rings. The van der Waals surface area contributed by atoms with Gasteiger partial charge in [-0.25, -0.2) is 9.78 Å². The number of hydrogen-bond donors (Lipinski definition) is 3. The van der Waals surface area contributed by atoms with Crippen LogP contribution in [0.15, 0.2) is 47.0 Å². The molecule has 16 nitrogen and oxygen atoms in total. The molecular weight excluding hydrogens is 726 g/mol. The number of carbonyl (C=O) groups is 5. The highest BCUT2D eigenvalue weighted by Gasteiger charge is 2.56. The van der Waals surface area contributed by atoms with Gasteiger partial charge in [-0.1, -0.05) is 28.1 Å². The Morgan fingerprint density at radius 1 is 1.27 bits per heavy atom. The molecule has 0 radical (unpaired) electrons. The third-order valence-electron chi connectivity index (χ3n) is 8.35. The number of aromatic nitrogens is 3. The third kappa shape index (κ3) is 7.38. The van der Waals surface area contributed by atoms with E-state index in [2.05, 4.69) is 15.5 Å². The second-order valence-corrected chi connectivity index (χ2v) is 15.9. The summed E-state index contributed by atoms with van der Waals surface area (Å²) < 4.78 is 9.27. The number of ether oxygens (including phenoxy) is 1. The molecule has 0 aromatic carbocycles. The number of anilines is 1. The Labute approximate surface area is 304 Å². The van der Waals surface area contributed by atoms with E-state index in [0.717, 1.165) is 27.3 Å². The molecule has 1 aliphatic carbocycles. The van der Waals surface area contributed by atoms with Gasteiger partial charge in [0.2, 0.25) is 11.1 Å². The third-order valence-corrected chi connectivity index (χ3v) is 10.8. The van der Waals surface area contributed by atoms with E-state index in [1.807, 2.05) is 54.3 Å². The number of carbonyl (C=O) groups excluding carboxylic acids is 4. The number of pyridine rings is 1. The number of thioether (sulfide) groups is 1. The molecule has 2 unspecified atom stereocenters. The molecule has 2 atom stereocenters. The Balaban J connectivity index is 1.17. The summed E-state index contributed by atoms with van der Waals surface area (Å²) in [5, 5.41) is 27.5. The molecular formula is C32H34ClN7O9S2. The van der Waals surface area contributed by atoms with Crippen LogP contribution in [0, 0.1) is 0 Å². The van der Waals surface area contributed by atoms with Crippen LogP contribution in [-0.2, 0) is 46.6 Å². The smallest absolute Gasteiger partial charge is 0.350 e. The summed E-state index contributed by atoms with van der Waals surface area (Å²) in [5.74, 6) is -4.48. The number of nitrogens with two attached hydrogens (primary N) is 1. The zero-order valence-corrected chi connectivity index (χ0v) is 30.1. The monoisotopic (exact) mass is 759 g/mol. The zero-order chi connectivity index (χ0) is 36.8. The summed E-state index contributed by atoms with van der Waals surface area (Å²) in [6, 6.07) is 4.50. The predicted molar refractivity (Wildman–Crippen MR) is 183 cm³/mol. The van der Waals surface area contributed by atoms with Gasteiger partial charge in [0.05, 0.1) is 11.7 Å². The average Bonchev–Trinajstić information content (AvgIpc) is 3.63. The van der Waals surface area contributed by atoms with E-state index in [0.29, 0.717) is 18.5 Å². The van der Waals surface area contributed by atoms with Crippen LogP contribution in [0.3, 0.4) is 0 Å². The fourth-order valence-electron chi connectivity index (χ4n) is 5.79. The number of esters is 1. The maximum Gasteiger partial charge on any atom is 0.350 e. The van der Waals surface area contributed by atoms with Crippen molar-refractivity contribution in [2.24, 2.45) is 5.16 Å². The van der Waals surface area contributed by atoms with Gasteiger partial charge in [-0.2, -0.15) is 4.57 Å². The van der Waals surface area contributed by atoms with E-state index in [-0.39, 0.29) is 58.4 Å². The maximum absolute atomic E-state index is 13.5. The lowest BCUT2D eigenvalue weighted by atomic mass is 10.0. The van der Waals surface area contributed by atoms with Gasteiger partial charge in [0.25, 0.3) is 11.8 Å². The summed E-state index contributed by atoms with van der Waals surface area (Å²) in [7, 11) is 0. The number of nitrogens with one attached hydrogen (secondary N) is 1. The predicted octanol–water partition coefficient (Wildman–Crippen LogP) is 1.18. The van der Waals surface area contributed by atoms with E-state index in [1.54, 1.807) is 6.20 Å². The zero-order valence-electron chi connectivity index (χ0n) is 27.7. The fraction of sp³-hybridized carbons (Fsp3) is 0.438. The Bertz CT molecular complexity index is 2010. The van der Waals surface area contributed by atoms with Gasteiger partial charge in [-0.15, -0.1) is 11.8 Å². The van der Waals surface area contributed by atoms with Crippen molar-refractivity contribution in [1.29, 1.82) is 0 Å². The van der Waals surface area contributed by atoms with Gasteiger partial charge in [0.1, 0.15) is 32.6 Å². The van der Waals surface area contributed by atoms with Crippen LogP contribution >= 0.6 is 34.7 Å². The molecule has 2 amide bonds. The molecule has 2 aliphatic heterocycles. The van der Waals surface area contributed by atoms with Crippen LogP contribution < -0.4 is 20.7 Å². The molecule has 0 spiro atoms. The largest absolute Gasteiger partial charge is 0.543 e. The minimum atomic E-state index is -1.58. The minimum absolute atomic E-state index is 0.00532. The van der Waals surface area contributed by atoms with Crippen LogP contribution in [0.1, 0.15) is 52.1 Å². The molecule has 5 heterocycles. The number of aliphatic carboxylic acids is 2. The molecule has 51 heavy (non-hydrogen) atoms. The molecule has 2 fully saturated rings. The lowest BCUT2D eigenvalue weighted by Crippen LogP contribution is -2.71. The Morgan fingerprint density at radius 2 is 2.02 bits per heavy atom. The number of oxime groups is 1. The summed E-state index contributed by atoms with van der Waals surface area (Å²) in [6.45, 7) is 6.17. The fourth-order valence-corrected chi connectivity index (χ4v) is 8.05. The van der Waals surface area contributed by atoms with Crippen molar-refractivity contribution in [2.45, 2.75) is 82.2 Å². The van der Waals surface area contributed by atoms with Gasteiger partial charge in [0.15, 0.2) is 23.6 Å². The number of fused-ring (bicyclic) bond motifs is 2. The van der Waals surface area contributed by atoms with Gasteiger partial charge >= 0.3 is 11.9 Å². The number of nitrogens with zero attached hydrogens (tertiary/aromatic N) is 5. The van der Waals surface area contributed by atoms with Gasteiger partial charge in [-0.3, -0.25) is 19.3 Å². The van der Waals surface area contributed by atoms with Gasteiger partial charge in [0, 0.05) is 55.5 Å².